The molecule has 2 heterocycles. The molecule has 0 saturated carbocycles. The number of ether oxygens (including phenoxy) is 2. The Morgan fingerprint density at radius 1 is 1.33 bits per heavy atom. The molecule has 21 heavy (non-hydrogen) atoms. The van der Waals surface area contributed by atoms with Crippen LogP contribution >= 0.6 is 11.3 Å². The molecule has 0 bridgehead atoms. The Morgan fingerprint density at radius 3 is 2.90 bits per heavy atom. The Bertz CT molecular complexity index is 671. The lowest BCUT2D eigenvalue weighted by Gasteiger charge is -2.14. The third kappa shape index (κ3) is 2.98. The van der Waals surface area contributed by atoms with Crippen LogP contribution in [0.4, 0.5) is 5.00 Å². The van der Waals surface area contributed by atoms with E-state index in [0.717, 1.165) is 21.9 Å². The molecule has 1 aliphatic rings. The van der Waals surface area contributed by atoms with Gasteiger partial charge in [-0.05, 0) is 30.7 Å². The van der Waals surface area contributed by atoms with E-state index in [1.807, 2.05) is 25.1 Å². The summed E-state index contributed by atoms with van der Waals surface area (Å²) in [4.78, 5) is 11.2. The van der Waals surface area contributed by atoms with Crippen molar-refractivity contribution in [3.63, 3.8) is 0 Å². The number of rotatable bonds is 5. The minimum atomic E-state index is -0.366. The third-order valence-corrected chi connectivity index (χ3v) is 4.34. The molecule has 1 aliphatic heterocycles. The Hall–Kier alpha value is -2.12. The van der Waals surface area contributed by atoms with Gasteiger partial charge in [-0.3, -0.25) is 10.1 Å². The van der Waals surface area contributed by atoms with E-state index in [2.05, 4.69) is 5.32 Å². The molecule has 2 aromatic rings. The van der Waals surface area contributed by atoms with Crippen LogP contribution in [-0.4, -0.2) is 11.7 Å². The first kappa shape index (κ1) is 13.8. The number of benzene rings is 1. The fourth-order valence-electron chi connectivity index (χ4n) is 2.11. The highest BCUT2D eigenvalue weighted by Gasteiger charge is 2.16. The second-order valence-corrected chi connectivity index (χ2v) is 5.86. The second-order valence-electron chi connectivity index (χ2n) is 4.71. The third-order valence-electron chi connectivity index (χ3n) is 3.31. The zero-order chi connectivity index (χ0) is 14.8. The van der Waals surface area contributed by atoms with Crippen LogP contribution in [0.1, 0.15) is 23.4 Å². The first-order valence-electron chi connectivity index (χ1n) is 6.49. The first-order chi connectivity index (χ1) is 10.1. The topological polar surface area (TPSA) is 73.6 Å². The number of hydrogen-bond acceptors (Lipinski definition) is 6. The molecule has 1 unspecified atom stereocenters. The molecule has 0 spiro atoms. The summed E-state index contributed by atoms with van der Waals surface area (Å²) < 4.78 is 10.6. The molecule has 1 aromatic carbocycles. The molecule has 0 fully saturated rings. The zero-order valence-electron chi connectivity index (χ0n) is 11.4. The van der Waals surface area contributed by atoms with Crippen LogP contribution in [0.2, 0.25) is 0 Å². The summed E-state index contributed by atoms with van der Waals surface area (Å²) >= 11 is 1.19. The summed E-state index contributed by atoms with van der Waals surface area (Å²) in [5, 5.41) is 14.2. The van der Waals surface area contributed by atoms with E-state index >= 15 is 0 Å². The summed E-state index contributed by atoms with van der Waals surface area (Å²) in [6.45, 7) is 2.90. The van der Waals surface area contributed by atoms with E-state index in [-0.39, 0.29) is 22.8 Å². The van der Waals surface area contributed by atoms with Crippen molar-refractivity contribution >= 4 is 16.3 Å². The van der Waals surface area contributed by atoms with E-state index in [1.165, 1.54) is 17.4 Å². The van der Waals surface area contributed by atoms with Crippen LogP contribution in [0.15, 0.2) is 30.3 Å². The summed E-state index contributed by atoms with van der Waals surface area (Å²) in [5.74, 6) is 1.52. The highest BCUT2D eigenvalue weighted by Crippen LogP contribution is 2.34. The maximum absolute atomic E-state index is 10.7. The van der Waals surface area contributed by atoms with Gasteiger partial charge in [0.1, 0.15) is 0 Å². The van der Waals surface area contributed by atoms with Gasteiger partial charge in [-0.15, -0.1) is 0 Å². The highest BCUT2D eigenvalue weighted by molar-refractivity contribution is 7.15. The largest absolute Gasteiger partial charge is 0.454 e. The van der Waals surface area contributed by atoms with Crippen LogP contribution < -0.4 is 14.8 Å². The minimum absolute atomic E-state index is 0.112. The molecule has 0 aliphatic carbocycles. The SMILES string of the molecule is CC(NCc1ccc([N+](=O)[O-])s1)c1ccc2c(c1)OCO2. The predicted molar refractivity (Wildman–Crippen MR) is 78.8 cm³/mol. The lowest BCUT2D eigenvalue weighted by Crippen LogP contribution is -2.17. The van der Waals surface area contributed by atoms with Crippen molar-refractivity contribution in [1.29, 1.82) is 0 Å². The van der Waals surface area contributed by atoms with Crippen LogP contribution in [0, 0.1) is 10.1 Å². The van der Waals surface area contributed by atoms with Gasteiger partial charge in [0, 0.05) is 23.5 Å². The minimum Gasteiger partial charge on any atom is -0.454 e. The summed E-state index contributed by atoms with van der Waals surface area (Å²) in [7, 11) is 0. The molecule has 110 valence electrons. The fourth-order valence-corrected chi connectivity index (χ4v) is 2.88. The number of nitrogens with zero attached hydrogens (tertiary/aromatic N) is 1. The molecule has 1 atom stereocenters. The van der Waals surface area contributed by atoms with Crippen molar-refractivity contribution in [2.45, 2.75) is 19.5 Å². The van der Waals surface area contributed by atoms with Crippen LogP contribution in [0.25, 0.3) is 0 Å². The van der Waals surface area contributed by atoms with Gasteiger partial charge in [-0.25, -0.2) is 0 Å². The molecular weight excluding hydrogens is 292 g/mol. The van der Waals surface area contributed by atoms with Gasteiger partial charge in [-0.2, -0.15) is 0 Å². The second kappa shape index (κ2) is 5.71. The van der Waals surface area contributed by atoms with E-state index in [9.17, 15) is 10.1 Å². The standard InChI is InChI=1S/C14H14N2O4S/c1-9(10-2-4-12-13(6-10)20-8-19-12)15-7-11-3-5-14(21-11)16(17)18/h2-6,9,15H,7-8H2,1H3. The molecule has 0 amide bonds. The molecular formula is C14H14N2O4S. The van der Waals surface area contributed by atoms with Crippen molar-refractivity contribution in [1.82, 2.24) is 5.32 Å². The highest BCUT2D eigenvalue weighted by atomic mass is 32.1. The number of thiophene rings is 1. The van der Waals surface area contributed by atoms with E-state index in [0.29, 0.717) is 6.54 Å². The van der Waals surface area contributed by atoms with Crippen molar-refractivity contribution in [3.05, 3.63) is 50.9 Å². The maximum Gasteiger partial charge on any atom is 0.324 e. The number of hydrogen-bond donors (Lipinski definition) is 1. The maximum atomic E-state index is 10.7. The molecule has 3 rings (SSSR count). The summed E-state index contributed by atoms with van der Waals surface area (Å²) in [6, 6.07) is 9.26. The van der Waals surface area contributed by atoms with E-state index in [1.54, 1.807) is 6.07 Å². The normalized spacial score (nSPS) is 14.1. The van der Waals surface area contributed by atoms with E-state index < -0.39 is 0 Å². The molecule has 1 N–H and O–H groups in total. The van der Waals surface area contributed by atoms with Gasteiger partial charge >= 0.3 is 5.00 Å². The molecule has 6 nitrogen and oxygen atoms in total. The molecule has 0 radical (unpaired) electrons. The van der Waals surface area contributed by atoms with Crippen molar-refractivity contribution < 1.29 is 14.4 Å². The monoisotopic (exact) mass is 306 g/mol. The summed E-state index contributed by atoms with van der Waals surface area (Å²) in [6.07, 6.45) is 0. The van der Waals surface area contributed by atoms with Gasteiger partial charge in [0.05, 0.1) is 4.92 Å². The Kier molecular flexibility index (Phi) is 3.76. The Morgan fingerprint density at radius 2 is 2.14 bits per heavy atom. The van der Waals surface area contributed by atoms with Gasteiger partial charge in [0.15, 0.2) is 11.5 Å². The quantitative estimate of drug-likeness (QED) is 0.678. The molecule has 7 heteroatoms. The van der Waals surface area contributed by atoms with Gasteiger partial charge < -0.3 is 14.8 Å². The van der Waals surface area contributed by atoms with Crippen LogP contribution in [0.5, 0.6) is 11.5 Å². The summed E-state index contributed by atoms with van der Waals surface area (Å²) in [5.41, 5.74) is 1.09. The van der Waals surface area contributed by atoms with Crippen LogP contribution in [0.3, 0.4) is 0 Å². The lowest BCUT2D eigenvalue weighted by atomic mass is 10.1. The Labute approximate surface area is 125 Å². The van der Waals surface area contributed by atoms with Crippen molar-refractivity contribution in [2.75, 3.05) is 6.79 Å². The van der Waals surface area contributed by atoms with Crippen LogP contribution in [-0.2, 0) is 6.54 Å². The average Bonchev–Trinajstić information content (AvgIpc) is 3.12. The molecule has 0 saturated heterocycles. The van der Waals surface area contributed by atoms with E-state index in [4.69, 9.17) is 9.47 Å². The van der Waals surface area contributed by atoms with Crippen molar-refractivity contribution in [3.8, 4) is 11.5 Å². The lowest BCUT2D eigenvalue weighted by molar-refractivity contribution is -0.380. The van der Waals surface area contributed by atoms with Gasteiger partial charge in [0.2, 0.25) is 6.79 Å². The van der Waals surface area contributed by atoms with Gasteiger partial charge in [-0.1, -0.05) is 17.4 Å². The number of nitrogens with one attached hydrogen (secondary N) is 1. The fraction of sp³-hybridized carbons (Fsp3) is 0.286. The Balaban J connectivity index is 1.63. The molecule has 1 aromatic heterocycles. The van der Waals surface area contributed by atoms with Gasteiger partial charge in [0.25, 0.3) is 0 Å². The zero-order valence-corrected chi connectivity index (χ0v) is 12.2. The van der Waals surface area contributed by atoms with Crippen molar-refractivity contribution in [2.24, 2.45) is 0 Å². The average molecular weight is 306 g/mol. The first-order valence-corrected chi connectivity index (χ1v) is 7.31. The number of fused-ring (bicyclic) bond motifs is 1. The number of nitro groups is 1. The smallest absolute Gasteiger partial charge is 0.324 e. The predicted octanol–water partition coefficient (Wildman–Crippen LogP) is 3.24.